The van der Waals surface area contributed by atoms with Gasteiger partial charge in [-0.2, -0.15) is 0 Å². The van der Waals surface area contributed by atoms with E-state index < -0.39 is 0 Å². The molecule has 0 bridgehead atoms. The van der Waals surface area contributed by atoms with Crippen molar-refractivity contribution in [2.75, 3.05) is 18.5 Å². The van der Waals surface area contributed by atoms with E-state index in [1.807, 2.05) is 30.3 Å². The van der Waals surface area contributed by atoms with E-state index in [9.17, 15) is 0 Å². The van der Waals surface area contributed by atoms with Crippen molar-refractivity contribution in [3.8, 4) is 11.5 Å². The summed E-state index contributed by atoms with van der Waals surface area (Å²) in [5.41, 5.74) is 2.26. The molecule has 3 nitrogen and oxygen atoms in total. The summed E-state index contributed by atoms with van der Waals surface area (Å²) in [7, 11) is 0. The van der Waals surface area contributed by atoms with Crippen molar-refractivity contribution >= 4 is 5.69 Å². The van der Waals surface area contributed by atoms with Crippen LogP contribution < -0.4 is 14.8 Å². The van der Waals surface area contributed by atoms with Crippen LogP contribution in [-0.2, 0) is 6.54 Å². The van der Waals surface area contributed by atoms with Crippen LogP contribution in [-0.4, -0.2) is 13.2 Å². The van der Waals surface area contributed by atoms with Gasteiger partial charge in [0.2, 0.25) is 0 Å². The van der Waals surface area contributed by atoms with Crippen LogP contribution in [0.4, 0.5) is 5.69 Å². The molecule has 2 aromatic rings. The van der Waals surface area contributed by atoms with Crippen molar-refractivity contribution in [3.63, 3.8) is 0 Å². The van der Waals surface area contributed by atoms with Crippen LogP contribution in [0.2, 0.25) is 0 Å². The average Bonchev–Trinajstić information content (AvgIpc) is 2.57. The Balaban J connectivity index is 1.91. The largest absolute Gasteiger partial charge is 0.493 e. The monoisotopic (exact) mass is 327 g/mol. The third-order valence-electron chi connectivity index (χ3n) is 3.40. The fourth-order valence-electron chi connectivity index (χ4n) is 2.17. The lowest BCUT2D eigenvalue weighted by atomic mass is 10.2. The maximum atomic E-state index is 5.79. The highest BCUT2D eigenvalue weighted by Gasteiger charge is 2.02. The number of nitrogens with one attached hydrogen (secondary N) is 1. The first kappa shape index (κ1) is 18.2. The van der Waals surface area contributed by atoms with Gasteiger partial charge in [0.15, 0.2) is 0 Å². The Hall–Kier alpha value is -2.16. The minimum Gasteiger partial charge on any atom is -0.493 e. The van der Waals surface area contributed by atoms with E-state index in [2.05, 4.69) is 51.2 Å². The van der Waals surface area contributed by atoms with Gasteiger partial charge in [-0.15, -0.1) is 0 Å². The molecule has 0 atom stereocenters. The van der Waals surface area contributed by atoms with Gasteiger partial charge in [-0.1, -0.05) is 45.9 Å². The Morgan fingerprint density at radius 1 is 0.792 bits per heavy atom. The quantitative estimate of drug-likeness (QED) is 0.672. The van der Waals surface area contributed by atoms with Gasteiger partial charge in [-0.05, 0) is 41.7 Å². The van der Waals surface area contributed by atoms with E-state index in [0.29, 0.717) is 11.8 Å². The first-order valence-corrected chi connectivity index (χ1v) is 8.71. The van der Waals surface area contributed by atoms with Crippen LogP contribution >= 0.6 is 0 Å². The van der Waals surface area contributed by atoms with Crippen LogP contribution in [0.1, 0.15) is 33.3 Å². The molecule has 3 heteroatoms. The first-order valence-electron chi connectivity index (χ1n) is 8.71. The number of hydrogen-bond donors (Lipinski definition) is 1. The lowest BCUT2D eigenvalue weighted by Gasteiger charge is -2.12. The molecule has 0 aromatic heterocycles. The fraction of sp³-hybridized carbons (Fsp3) is 0.429. The predicted octanol–water partition coefficient (Wildman–Crippen LogP) is 5.37. The molecule has 0 unspecified atom stereocenters. The highest BCUT2D eigenvalue weighted by molar-refractivity contribution is 5.48. The van der Waals surface area contributed by atoms with Crippen molar-refractivity contribution in [1.29, 1.82) is 0 Å². The molecule has 24 heavy (non-hydrogen) atoms. The number of rotatable bonds is 9. The van der Waals surface area contributed by atoms with Crippen molar-refractivity contribution < 1.29 is 9.47 Å². The zero-order valence-electron chi connectivity index (χ0n) is 15.2. The Labute approximate surface area is 146 Å². The summed E-state index contributed by atoms with van der Waals surface area (Å²) >= 11 is 0. The molecule has 0 fully saturated rings. The fourth-order valence-corrected chi connectivity index (χ4v) is 2.17. The van der Waals surface area contributed by atoms with Gasteiger partial charge in [-0.3, -0.25) is 0 Å². The molecule has 0 amide bonds. The Kier molecular flexibility index (Phi) is 6.98. The first-order chi connectivity index (χ1) is 11.5. The topological polar surface area (TPSA) is 30.5 Å². The second kappa shape index (κ2) is 9.21. The van der Waals surface area contributed by atoms with Gasteiger partial charge in [0.1, 0.15) is 11.5 Å². The predicted molar refractivity (Wildman–Crippen MR) is 101 cm³/mol. The number of ether oxygens (including phenoxy) is 2. The zero-order valence-corrected chi connectivity index (χ0v) is 15.2. The van der Waals surface area contributed by atoms with E-state index >= 15 is 0 Å². The van der Waals surface area contributed by atoms with Crippen LogP contribution in [0, 0.1) is 11.8 Å². The molecule has 0 aliphatic rings. The van der Waals surface area contributed by atoms with Crippen molar-refractivity contribution in [2.24, 2.45) is 11.8 Å². The molecule has 130 valence electrons. The Bertz CT molecular complexity index is 567. The SMILES string of the molecule is CC(C)COc1cccc(CNc2cccc(OCC(C)C)c2)c1. The van der Waals surface area contributed by atoms with E-state index in [0.717, 1.165) is 36.9 Å². The number of hydrogen-bond acceptors (Lipinski definition) is 3. The zero-order chi connectivity index (χ0) is 17.4. The van der Waals surface area contributed by atoms with Crippen LogP contribution in [0.25, 0.3) is 0 Å². The number of benzene rings is 2. The Morgan fingerprint density at radius 2 is 1.38 bits per heavy atom. The summed E-state index contributed by atoms with van der Waals surface area (Å²) < 4.78 is 11.6. The van der Waals surface area contributed by atoms with Gasteiger partial charge in [-0.25, -0.2) is 0 Å². The van der Waals surface area contributed by atoms with Crippen LogP contribution in [0.15, 0.2) is 48.5 Å². The van der Waals surface area contributed by atoms with Crippen LogP contribution in [0.5, 0.6) is 11.5 Å². The third-order valence-corrected chi connectivity index (χ3v) is 3.40. The molecule has 2 aromatic carbocycles. The maximum Gasteiger partial charge on any atom is 0.121 e. The molecule has 0 saturated heterocycles. The van der Waals surface area contributed by atoms with E-state index in [1.54, 1.807) is 0 Å². The smallest absolute Gasteiger partial charge is 0.121 e. The summed E-state index contributed by atoms with van der Waals surface area (Å²) in [4.78, 5) is 0. The maximum absolute atomic E-state index is 5.79. The molecule has 2 rings (SSSR count). The van der Waals surface area contributed by atoms with Gasteiger partial charge in [0, 0.05) is 18.3 Å². The van der Waals surface area contributed by atoms with Crippen molar-refractivity contribution in [3.05, 3.63) is 54.1 Å². The summed E-state index contributed by atoms with van der Waals surface area (Å²) in [6.45, 7) is 10.8. The lowest BCUT2D eigenvalue weighted by Crippen LogP contribution is -2.06. The second-order valence-electron chi connectivity index (χ2n) is 6.94. The minimum atomic E-state index is 0.523. The van der Waals surface area contributed by atoms with Gasteiger partial charge in [0.25, 0.3) is 0 Å². The molecule has 0 spiro atoms. The van der Waals surface area contributed by atoms with Crippen molar-refractivity contribution in [1.82, 2.24) is 0 Å². The molecule has 0 heterocycles. The third kappa shape index (κ3) is 6.53. The molecule has 1 N–H and O–H groups in total. The van der Waals surface area contributed by atoms with E-state index in [-0.39, 0.29) is 0 Å². The molecular weight excluding hydrogens is 298 g/mol. The normalized spacial score (nSPS) is 10.9. The average molecular weight is 327 g/mol. The van der Waals surface area contributed by atoms with Gasteiger partial charge in [0.05, 0.1) is 13.2 Å². The van der Waals surface area contributed by atoms with Gasteiger partial charge >= 0.3 is 0 Å². The number of anilines is 1. The lowest BCUT2D eigenvalue weighted by molar-refractivity contribution is 0.271. The summed E-state index contributed by atoms with van der Waals surface area (Å²) in [6.07, 6.45) is 0. The summed E-state index contributed by atoms with van der Waals surface area (Å²) in [5, 5.41) is 3.45. The standard InChI is InChI=1S/C21H29NO2/c1-16(2)14-23-20-9-5-7-18(11-20)13-22-19-8-6-10-21(12-19)24-15-17(3)4/h5-12,16-17,22H,13-15H2,1-4H3. The molecule has 0 aliphatic carbocycles. The highest BCUT2D eigenvalue weighted by atomic mass is 16.5. The highest BCUT2D eigenvalue weighted by Crippen LogP contribution is 2.20. The summed E-state index contributed by atoms with van der Waals surface area (Å²) in [5.74, 6) is 2.88. The molecular formula is C21H29NO2. The molecule has 0 aliphatic heterocycles. The Morgan fingerprint density at radius 3 is 2.00 bits per heavy atom. The second-order valence-corrected chi connectivity index (χ2v) is 6.94. The van der Waals surface area contributed by atoms with Crippen LogP contribution in [0.3, 0.4) is 0 Å². The summed E-state index contributed by atoms with van der Waals surface area (Å²) in [6, 6.07) is 16.3. The van der Waals surface area contributed by atoms with E-state index in [1.165, 1.54) is 5.56 Å². The minimum absolute atomic E-state index is 0.523. The molecule has 0 radical (unpaired) electrons. The molecule has 0 saturated carbocycles. The van der Waals surface area contributed by atoms with Crippen molar-refractivity contribution in [2.45, 2.75) is 34.2 Å². The van der Waals surface area contributed by atoms with Gasteiger partial charge < -0.3 is 14.8 Å². The van der Waals surface area contributed by atoms with E-state index in [4.69, 9.17) is 9.47 Å².